The lowest BCUT2D eigenvalue weighted by molar-refractivity contribution is -0.107. The number of hydrogen-bond acceptors (Lipinski definition) is 5. The third-order valence-corrected chi connectivity index (χ3v) is 7.51. The number of halogens is 1. The Kier molecular flexibility index (Phi) is 6.27. The number of benzene rings is 1. The van der Waals surface area contributed by atoms with Gasteiger partial charge < -0.3 is 15.2 Å². The third-order valence-electron chi connectivity index (χ3n) is 7.51. The molecule has 194 valence electrons. The number of carbonyl (C=O) groups excluding carboxylic acids is 2. The fourth-order valence-electron chi connectivity index (χ4n) is 5.36. The zero-order chi connectivity index (χ0) is 26.2. The van der Waals surface area contributed by atoms with Gasteiger partial charge in [0, 0.05) is 59.8 Å². The second-order valence-corrected chi connectivity index (χ2v) is 10.2. The first kappa shape index (κ1) is 24.1. The van der Waals surface area contributed by atoms with Crippen LogP contribution in [0.1, 0.15) is 43.0 Å². The summed E-state index contributed by atoms with van der Waals surface area (Å²) in [4.78, 5) is 39.6. The van der Waals surface area contributed by atoms with Gasteiger partial charge in [0.1, 0.15) is 11.5 Å². The fraction of sp³-hybridized carbons (Fsp3) is 0.310. The minimum Gasteiger partial charge on any atom is -0.382 e. The lowest BCUT2D eigenvalue weighted by Gasteiger charge is -2.38. The van der Waals surface area contributed by atoms with Crippen molar-refractivity contribution in [1.29, 1.82) is 0 Å². The van der Waals surface area contributed by atoms with Crippen LogP contribution >= 0.6 is 0 Å². The highest BCUT2D eigenvalue weighted by Gasteiger charge is 2.31. The molecular weight excluding hydrogens is 483 g/mol. The molecule has 4 aromatic rings. The van der Waals surface area contributed by atoms with E-state index in [2.05, 4.69) is 44.5 Å². The number of H-pyrrole nitrogens is 1. The average molecular weight is 513 g/mol. The summed E-state index contributed by atoms with van der Waals surface area (Å²) in [6.45, 7) is 2.62. The second kappa shape index (κ2) is 9.89. The van der Waals surface area contributed by atoms with E-state index in [1.165, 1.54) is 12.3 Å². The van der Waals surface area contributed by atoms with E-state index in [1.54, 1.807) is 11.0 Å². The standard InChI is InChI=1S/C29H29FN6O2/c1-18-14-22(10-13-35(18)29(38)20-8-11-31-26(30)15-20)33-21-4-2-19(3-5-21)25-16-27(36(17-37)23-6-7-23)34-28-24(25)9-12-32-28/h2-5,8-9,11-12,15-18,22-23,33H,6-7,10,13-14H2,1H3,(H,32,34)/t18-,22?/m0/s1. The number of aromatic amines is 1. The Morgan fingerprint density at radius 2 is 1.97 bits per heavy atom. The highest BCUT2D eigenvalue weighted by Crippen LogP contribution is 2.35. The molecule has 1 aromatic carbocycles. The Morgan fingerprint density at radius 1 is 1.16 bits per heavy atom. The van der Waals surface area contributed by atoms with Crippen LogP contribution in [-0.2, 0) is 4.79 Å². The highest BCUT2D eigenvalue weighted by atomic mass is 19.1. The van der Waals surface area contributed by atoms with Gasteiger partial charge in [0.2, 0.25) is 12.4 Å². The Labute approximate surface area is 219 Å². The number of hydrogen-bond donors (Lipinski definition) is 2. The van der Waals surface area contributed by atoms with Crippen LogP contribution in [0, 0.1) is 5.95 Å². The average Bonchev–Trinajstić information content (AvgIpc) is 3.64. The molecule has 6 rings (SSSR count). The van der Waals surface area contributed by atoms with Crippen molar-refractivity contribution < 1.29 is 14.0 Å². The summed E-state index contributed by atoms with van der Waals surface area (Å²) < 4.78 is 13.5. The molecule has 2 amide bonds. The van der Waals surface area contributed by atoms with Gasteiger partial charge in [0.05, 0.1) is 0 Å². The number of piperidine rings is 1. The van der Waals surface area contributed by atoms with Gasteiger partial charge in [0.25, 0.3) is 5.91 Å². The van der Waals surface area contributed by atoms with Gasteiger partial charge in [-0.15, -0.1) is 0 Å². The predicted molar refractivity (Wildman–Crippen MR) is 144 cm³/mol. The van der Waals surface area contributed by atoms with Crippen molar-refractivity contribution >= 4 is 34.9 Å². The first-order valence-electron chi connectivity index (χ1n) is 13.0. The van der Waals surface area contributed by atoms with Gasteiger partial charge in [-0.3, -0.25) is 14.5 Å². The molecule has 0 bridgehead atoms. The van der Waals surface area contributed by atoms with Gasteiger partial charge in [-0.05, 0) is 74.1 Å². The Hall–Kier alpha value is -4.27. The number of fused-ring (bicyclic) bond motifs is 1. The number of amides is 2. The molecule has 38 heavy (non-hydrogen) atoms. The van der Waals surface area contributed by atoms with E-state index < -0.39 is 5.95 Å². The summed E-state index contributed by atoms with van der Waals surface area (Å²) in [7, 11) is 0. The fourth-order valence-corrected chi connectivity index (χ4v) is 5.36. The Balaban J connectivity index is 1.15. The third kappa shape index (κ3) is 4.71. The van der Waals surface area contributed by atoms with Crippen LogP contribution in [0.25, 0.3) is 22.2 Å². The molecule has 2 aliphatic rings. The predicted octanol–water partition coefficient (Wildman–Crippen LogP) is 4.99. The summed E-state index contributed by atoms with van der Waals surface area (Å²) in [5.41, 5.74) is 4.17. The summed E-state index contributed by atoms with van der Waals surface area (Å²) in [6.07, 6.45) is 7.67. The normalized spacial score (nSPS) is 19.4. The number of rotatable bonds is 7. The molecule has 1 saturated carbocycles. The summed E-state index contributed by atoms with van der Waals surface area (Å²) in [5, 5.41) is 4.62. The number of anilines is 2. The van der Waals surface area contributed by atoms with E-state index >= 15 is 0 Å². The number of aromatic nitrogens is 3. The lowest BCUT2D eigenvalue weighted by atomic mass is 9.96. The van der Waals surface area contributed by atoms with Gasteiger partial charge in [-0.1, -0.05) is 12.1 Å². The number of likely N-dealkylation sites (tertiary alicyclic amines) is 1. The lowest BCUT2D eigenvalue weighted by Crippen LogP contribution is -2.47. The van der Waals surface area contributed by atoms with Gasteiger partial charge >= 0.3 is 0 Å². The van der Waals surface area contributed by atoms with Gasteiger partial charge in [-0.25, -0.2) is 9.97 Å². The van der Waals surface area contributed by atoms with Crippen molar-refractivity contribution in [1.82, 2.24) is 19.9 Å². The number of pyridine rings is 2. The van der Waals surface area contributed by atoms with E-state index in [9.17, 15) is 14.0 Å². The maximum absolute atomic E-state index is 13.5. The molecule has 1 unspecified atom stereocenters. The Bertz CT molecular complexity index is 1480. The van der Waals surface area contributed by atoms with Crippen LogP contribution in [0.5, 0.6) is 0 Å². The molecule has 0 spiro atoms. The van der Waals surface area contributed by atoms with Crippen molar-refractivity contribution in [3.05, 3.63) is 72.4 Å². The van der Waals surface area contributed by atoms with Crippen molar-refractivity contribution in [2.75, 3.05) is 16.8 Å². The molecule has 3 aromatic heterocycles. The summed E-state index contributed by atoms with van der Waals surface area (Å²) >= 11 is 0. The molecule has 2 fully saturated rings. The zero-order valence-corrected chi connectivity index (χ0v) is 21.1. The van der Waals surface area contributed by atoms with Crippen LogP contribution in [0.3, 0.4) is 0 Å². The molecule has 1 aliphatic carbocycles. The summed E-state index contributed by atoms with van der Waals surface area (Å²) in [6, 6.07) is 15.5. The molecular formula is C29H29FN6O2. The van der Waals surface area contributed by atoms with Crippen LogP contribution in [-0.4, -0.2) is 56.8 Å². The molecule has 1 saturated heterocycles. The second-order valence-electron chi connectivity index (χ2n) is 10.2. The van der Waals surface area contributed by atoms with Crippen LogP contribution in [0.15, 0.2) is 60.9 Å². The van der Waals surface area contributed by atoms with Gasteiger partial charge in [0.15, 0.2) is 0 Å². The van der Waals surface area contributed by atoms with Crippen molar-refractivity contribution in [3.63, 3.8) is 0 Å². The largest absolute Gasteiger partial charge is 0.382 e. The molecule has 0 radical (unpaired) electrons. The first-order valence-corrected chi connectivity index (χ1v) is 13.0. The molecule has 4 heterocycles. The van der Waals surface area contributed by atoms with Crippen LogP contribution in [0.2, 0.25) is 0 Å². The molecule has 1 aliphatic heterocycles. The van der Waals surface area contributed by atoms with Crippen LogP contribution in [0.4, 0.5) is 15.9 Å². The van der Waals surface area contributed by atoms with Gasteiger partial charge in [-0.2, -0.15) is 4.39 Å². The SMILES string of the molecule is C[C@H]1CC(Nc2ccc(-c3cc(N(C=O)C4CC4)nc4[nH]ccc34)cc2)CCN1C(=O)c1ccnc(F)c1. The van der Waals surface area contributed by atoms with Crippen molar-refractivity contribution in [2.24, 2.45) is 0 Å². The first-order chi connectivity index (χ1) is 18.5. The van der Waals surface area contributed by atoms with E-state index in [0.29, 0.717) is 17.9 Å². The van der Waals surface area contributed by atoms with E-state index in [-0.39, 0.29) is 24.0 Å². The number of nitrogens with zero attached hydrogens (tertiary/aromatic N) is 4. The number of nitrogens with one attached hydrogen (secondary N) is 2. The monoisotopic (exact) mass is 512 g/mol. The maximum Gasteiger partial charge on any atom is 0.254 e. The smallest absolute Gasteiger partial charge is 0.254 e. The topological polar surface area (TPSA) is 94.2 Å². The van der Waals surface area contributed by atoms with E-state index in [0.717, 1.165) is 59.9 Å². The van der Waals surface area contributed by atoms with Crippen molar-refractivity contribution in [2.45, 2.75) is 50.7 Å². The maximum atomic E-state index is 13.5. The Morgan fingerprint density at radius 3 is 2.68 bits per heavy atom. The van der Waals surface area contributed by atoms with E-state index in [1.807, 2.05) is 30.2 Å². The highest BCUT2D eigenvalue weighted by molar-refractivity contribution is 5.96. The minimum absolute atomic E-state index is 0.0218. The van der Waals surface area contributed by atoms with E-state index in [4.69, 9.17) is 0 Å². The minimum atomic E-state index is -0.646. The molecule has 2 N–H and O–H groups in total. The molecule has 8 nitrogen and oxygen atoms in total. The van der Waals surface area contributed by atoms with Crippen LogP contribution < -0.4 is 10.2 Å². The quantitative estimate of drug-likeness (QED) is 0.269. The van der Waals surface area contributed by atoms with Crippen molar-refractivity contribution in [3.8, 4) is 11.1 Å². The summed E-state index contributed by atoms with van der Waals surface area (Å²) in [5.74, 6) is -0.142. The molecule has 2 atom stereocenters. The molecule has 9 heteroatoms. The zero-order valence-electron chi connectivity index (χ0n) is 21.1. The number of carbonyl (C=O) groups is 2.